The fourth-order valence-electron chi connectivity index (χ4n) is 0. The summed E-state index contributed by atoms with van der Waals surface area (Å²) in [5.41, 5.74) is 0. The van der Waals surface area contributed by atoms with Gasteiger partial charge in [0.05, 0.1) is 0 Å². The monoisotopic (exact) mass is 359 g/mol. The predicted molar refractivity (Wildman–Crippen MR) is 2.06 cm³/mol. The summed E-state index contributed by atoms with van der Waals surface area (Å²) in [5, 5.41) is 0. The summed E-state index contributed by atoms with van der Waals surface area (Å²) in [6.45, 7) is 0. The van der Waals surface area contributed by atoms with Crippen molar-refractivity contribution >= 4 is 0 Å². The smallest absolute Gasteiger partial charge is 2.00 e. The Bertz CT molecular complexity index is 6.85. The average molecular weight is 357 g/mol. The maximum absolute atomic E-state index is 0. The largest absolute Gasteiger partial charge is 3.00 e. The molecule has 0 aromatic carbocycles. The van der Waals surface area contributed by atoms with E-state index in [2.05, 4.69) is 0 Å². The SMILES string of the molecule is [O-2].[O-2].[O-2].[Sm+3].[Tb+3]. The summed E-state index contributed by atoms with van der Waals surface area (Å²) in [5.74, 6) is 0. The number of hydrogen-bond acceptors (Lipinski definition) is 0. The molecule has 0 bridgehead atoms. The van der Waals surface area contributed by atoms with E-state index in [0.717, 1.165) is 0 Å². The van der Waals surface area contributed by atoms with Crippen molar-refractivity contribution in [2.24, 2.45) is 0 Å². The van der Waals surface area contributed by atoms with Gasteiger partial charge in [0.2, 0.25) is 0 Å². The molecule has 0 rings (SSSR count). The van der Waals surface area contributed by atoms with Crippen LogP contribution in [0.1, 0.15) is 0 Å². The maximum atomic E-state index is 0. The van der Waals surface area contributed by atoms with E-state index in [1.165, 1.54) is 0 Å². The number of rotatable bonds is 0. The molecule has 33 valence electrons. The molecule has 0 atom stereocenters. The molecule has 0 N–H and O–H groups in total. The van der Waals surface area contributed by atoms with Gasteiger partial charge in [0.1, 0.15) is 0 Å². The molecular weight excluding hydrogens is 357 g/mol. The van der Waals surface area contributed by atoms with Crippen molar-refractivity contribution in [2.45, 2.75) is 0 Å². The van der Waals surface area contributed by atoms with Gasteiger partial charge in [-0.15, -0.1) is 0 Å². The van der Waals surface area contributed by atoms with E-state index in [4.69, 9.17) is 0 Å². The molecule has 0 saturated carbocycles. The summed E-state index contributed by atoms with van der Waals surface area (Å²) >= 11 is 0. The Morgan fingerprint density at radius 3 is 0.600 bits per heavy atom. The molecule has 1 radical (unpaired) electrons. The second-order valence-corrected chi connectivity index (χ2v) is 0. The third-order valence-electron chi connectivity index (χ3n) is 0. The molecule has 0 aliphatic heterocycles. The maximum Gasteiger partial charge on any atom is 3.00 e. The topological polar surface area (TPSA) is 85.5 Å². The molecule has 0 heterocycles. The summed E-state index contributed by atoms with van der Waals surface area (Å²) in [6.07, 6.45) is 0. The van der Waals surface area contributed by atoms with Gasteiger partial charge in [-0.2, -0.15) is 0 Å². The van der Waals surface area contributed by atoms with E-state index in [0.29, 0.717) is 0 Å². The van der Waals surface area contributed by atoms with Gasteiger partial charge in [-0.05, 0) is 0 Å². The molecule has 0 spiro atoms. The third kappa shape index (κ3) is 21.0. The number of hydrogen-bond donors (Lipinski definition) is 0. The van der Waals surface area contributed by atoms with Crippen LogP contribution in [0, 0.1) is 79.0 Å². The van der Waals surface area contributed by atoms with Crippen molar-refractivity contribution in [1.29, 1.82) is 0 Å². The predicted octanol–water partition coefficient (Wildman–Crippen LogP) is -0.356. The molecule has 0 amide bonds. The van der Waals surface area contributed by atoms with Crippen molar-refractivity contribution in [3.8, 4) is 0 Å². The van der Waals surface area contributed by atoms with E-state index < -0.39 is 0 Å². The Balaban J connectivity index is 0. The molecule has 0 fully saturated rings. The van der Waals surface area contributed by atoms with Crippen molar-refractivity contribution < 1.29 is 95.4 Å². The quantitative estimate of drug-likeness (QED) is 0.567. The first kappa shape index (κ1) is 50.6. The van der Waals surface area contributed by atoms with Crippen LogP contribution in [0.25, 0.3) is 0 Å². The first-order valence-corrected chi connectivity index (χ1v) is 0. The van der Waals surface area contributed by atoms with Gasteiger partial charge in [0, 0.05) is 0 Å². The van der Waals surface area contributed by atoms with Crippen LogP contribution in [0.3, 0.4) is 0 Å². The summed E-state index contributed by atoms with van der Waals surface area (Å²) < 4.78 is 0. The van der Waals surface area contributed by atoms with Crippen LogP contribution in [0.15, 0.2) is 0 Å². The van der Waals surface area contributed by atoms with Gasteiger partial charge in [-0.3, -0.25) is 0 Å². The molecule has 0 aliphatic carbocycles. The fraction of sp³-hybridized carbons (Fsp3) is 0. The van der Waals surface area contributed by atoms with Gasteiger partial charge in [-0.25, -0.2) is 0 Å². The standard InChI is InChI=1S/3O.Sm.Tb/q3*-2;2*+3. The molecule has 5 heteroatoms. The minimum Gasteiger partial charge on any atom is -2.00 e. The summed E-state index contributed by atoms with van der Waals surface area (Å²) in [4.78, 5) is 0. The molecule has 0 saturated heterocycles. The van der Waals surface area contributed by atoms with Crippen LogP contribution < -0.4 is 0 Å². The van der Waals surface area contributed by atoms with E-state index in [1.54, 1.807) is 0 Å². The minimum atomic E-state index is 0. The molecule has 0 unspecified atom stereocenters. The molecule has 3 nitrogen and oxygen atoms in total. The van der Waals surface area contributed by atoms with E-state index in [9.17, 15) is 0 Å². The summed E-state index contributed by atoms with van der Waals surface area (Å²) in [7, 11) is 0. The Morgan fingerprint density at radius 2 is 0.600 bits per heavy atom. The zero-order valence-corrected chi connectivity index (χ0v) is 6.72. The van der Waals surface area contributed by atoms with Crippen molar-refractivity contribution in [3.05, 3.63) is 0 Å². The van der Waals surface area contributed by atoms with Gasteiger partial charge in [-0.1, -0.05) is 0 Å². The second kappa shape index (κ2) is 31.4. The van der Waals surface area contributed by atoms with Gasteiger partial charge < -0.3 is 16.4 Å². The third-order valence-corrected chi connectivity index (χ3v) is 0. The fourth-order valence-corrected chi connectivity index (χ4v) is 0. The summed E-state index contributed by atoms with van der Waals surface area (Å²) in [6, 6.07) is 0. The Labute approximate surface area is 93.4 Å². The molecular formula is O3SmTb. The average Bonchev–Trinajstić information content (AvgIpc) is 0. The van der Waals surface area contributed by atoms with Crippen LogP contribution in [0.4, 0.5) is 0 Å². The van der Waals surface area contributed by atoms with Gasteiger partial charge in [0.15, 0.2) is 0 Å². The zero-order chi connectivity index (χ0) is 0. The van der Waals surface area contributed by atoms with E-state index in [1.807, 2.05) is 0 Å². The Hall–Kier alpha value is 2.50. The van der Waals surface area contributed by atoms with E-state index >= 15 is 0 Å². The Morgan fingerprint density at radius 1 is 0.600 bits per heavy atom. The second-order valence-electron chi connectivity index (χ2n) is 0. The minimum absolute atomic E-state index is 0. The molecule has 0 aromatic heterocycles. The first-order chi connectivity index (χ1) is 0. The Kier molecular flexibility index (Phi) is 318. The van der Waals surface area contributed by atoms with Crippen LogP contribution in [0.2, 0.25) is 0 Å². The molecule has 5 heavy (non-hydrogen) atoms. The molecule has 0 aromatic rings. The van der Waals surface area contributed by atoms with Crippen LogP contribution in [-0.4, -0.2) is 0 Å². The zero-order valence-electron chi connectivity index (χ0n) is 1.97. The van der Waals surface area contributed by atoms with Crippen molar-refractivity contribution in [1.82, 2.24) is 0 Å². The molecule has 0 aliphatic rings. The van der Waals surface area contributed by atoms with Gasteiger partial charge in [0.25, 0.3) is 0 Å². The van der Waals surface area contributed by atoms with Crippen molar-refractivity contribution in [2.75, 3.05) is 0 Å². The van der Waals surface area contributed by atoms with Crippen LogP contribution in [0.5, 0.6) is 0 Å². The van der Waals surface area contributed by atoms with Crippen LogP contribution in [-0.2, 0) is 16.4 Å². The first-order valence-electron chi connectivity index (χ1n) is 0. The van der Waals surface area contributed by atoms with E-state index in [-0.39, 0.29) is 95.4 Å². The van der Waals surface area contributed by atoms with Crippen molar-refractivity contribution in [3.63, 3.8) is 0 Å². The normalized spacial score (nSPS) is 0. The van der Waals surface area contributed by atoms with Crippen LogP contribution >= 0.6 is 0 Å². The van der Waals surface area contributed by atoms with Gasteiger partial charge >= 0.3 is 79.0 Å².